The van der Waals surface area contributed by atoms with Crippen LogP contribution in [0.4, 0.5) is 0 Å². The van der Waals surface area contributed by atoms with Crippen molar-refractivity contribution in [2.75, 3.05) is 0 Å². The van der Waals surface area contributed by atoms with Gasteiger partial charge in [-0.1, -0.05) is 0 Å². The van der Waals surface area contributed by atoms with Crippen molar-refractivity contribution in [3.63, 3.8) is 0 Å². The number of nitrogens with zero attached hydrogens (tertiary/aromatic N) is 2. The van der Waals surface area contributed by atoms with E-state index in [-0.39, 0.29) is 6.39 Å². The average molecular weight is 255 g/mol. The molecular formula is B21N2. The Kier molecular flexibility index (Phi) is 17.4. The number of hydrogen-bond acceptors (Lipinski definition) is 2. The van der Waals surface area contributed by atoms with Gasteiger partial charge < -0.3 is 0 Å². The molecule has 0 aliphatic carbocycles. The van der Waals surface area contributed by atoms with Gasteiger partial charge in [0.15, 0.2) is 0 Å². The van der Waals surface area contributed by atoms with Gasteiger partial charge in [0, 0.05) is 0 Å². The number of rotatable bonds is 8. The van der Waals surface area contributed by atoms with Gasteiger partial charge >= 0.3 is 161 Å². The molecule has 0 atom stereocenters. The fourth-order valence-corrected chi connectivity index (χ4v) is 1.13. The van der Waals surface area contributed by atoms with Gasteiger partial charge in [-0.15, -0.1) is 0 Å². The van der Waals surface area contributed by atoms with Crippen LogP contribution in [0.25, 0.3) is 0 Å². The molecule has 2 nitrogen and oxygen atoms in total. The van der Waals surface area contributed by atoms with Crippen molar-refractivity contribution < 1.29 is 0 Å². The third-order valence-electron chi connectivity index (χ3n) is 2.32. The molecule has 0 amide bonds. The van der Waals surface area contributed by atoms with E-state index in [4.69, 9.17) is 85.1 Å². The molecule has 0 spiro atoms. The Labute approximate surface area is 160 Å². The van der Waals surface area contributed by atoms with E-state index in [1.807, 2.05) is 0 Å². The summed E-state index contributed by atoms with van der Waals surface area (Å²) in [5.41, 5.74) is 0. The zero-order valence-electron chi connectivity index (χ0n) is 13.0. The van der Waals surface area contributed by atoms with Gasteiger partial charge in [-0.3, -0.25) is 0 Å². The van der Waals surface area contributed by atoms with Crippen molar-refractivity contribution in [3.8, 4) is 0 Å². The normalized spacial score (nSPS) is 8.87. The predicted octanol–water partition coefficient (Wildman–Crippen LogP) is -7.63. The van der Waals surface area contributed by atoms with E-state index in [9.17, 15) is 0 Å². The van der Waals surface area contributed by atoms with E-state index in [0.29, 0.717) is 0 Å². The fraction of sp³-hybridized carbons (Fsp3) is 0. The Hall–Kier alpha value is 0.964. The summed E-state index contributed by atoms with van der Waals surface area (Å²) in [6.45, 7) is 1.45. The second kappa shape index (κ2) is 15.2. The van der Waals surface area contributed by atoms with Crippen molar-refractivity contribution in [1.29, 1.82) is 0 Å². The summed E-state index contributed by atoms with van der Waals surface area (Å²) in [6.07, 6.45) is -3.06. The van der Waals surface area contributed by atoms with Crippen LogP contribution in [0.1, 0.15) is 0 Å². The summed E-state index contributed by atoms with van der Waals surface area (Å²) in [7, 11) is 59.4. The number of hydrogen-bond donors (Lipinski definition) is 0. The van der Waals surface area contributed by atoms with Crippen LogP contribution in [0.3, 0.4) is 0 Å². The molecule has 23 heavy (non-hydrogen) atoms. The molecule has 0 aliphatic rings. The molecular weight excluding hydrogens is 255 g/mol. The molecule has 0 aromatic heterocycles. The van der Waals surface area contributed by atoms with Crippen LogP contribution >= 0.6 is 0 Å². The summed E-state index contributed by atoms with van der Waals surface area (Å²) in [5, 5.41) is 0. The third kappa shape index (κ3) is 16.2. The Balaban J connectivity index is 0. The van der Waals surface area contributed by atoms with Crippen molar-refractivity contribution in [1.82, 2.24) is 0 Å². The van der Waals surface area contributed by atoms with Crippen LogP contribution in [0.15, 0.2) is 9.61 Å². The SMILES string of the molecule is [B]B([B])B=NB([B])[B].[B][B]B(B=NB(B([B])[B])B([B])[B])B([B])[B]. The van der Waals surface area contributed by atoms with E-state index >= 15 is 0 Å². The second-order valence-electron chi connectivity index (χ2n) is 4.66. The fourth-order valence-electron chi connectivity index (χ4n) is 1.13. The van der Waals surface area contributed by atoms with Crippen LogP contribution in [0.2, 0.25) is 0 Å². The zero-order chi connectivity index (χ0) is 18.6. The Morgan fingerprint density at radius 1 is 0.609 bits per heavy atom. The first-order chi connectivity index (χ1) is 10.5. The minimum absolute atomic E-state index is 0.370. The van der Waals surface area contributed by atoms with Crippen molar-refractivity contribution in [2.45, 2.75) is 0 Å². The van der Waals surface area contributed by atoms with E-state index in [1.54, 1.807) is 0 Å². The van der Waals surface area contributed by atoms with Gasteiger partial charge in [-0.2, -0.15) is 0 Å². The second-order valence-corrected chi connectivity index (χ2v) is 4.66. The maximum absolute atomic E-state index is 5.44. The van der Waals surface area contributed by atoms with Crippen LogP contribution in [0.5, 0.6) is 0 Å². The molecule has 73 valence electrons. The molecule has 0 aromatic carbocycles. The van der Waals surface area contributed by atoms with Crippen molar-refractivity contribution >= 4 is 151 Å². The Bertz CT molecular complexity index is 294. The Morgan fingerprint density at radius 3 is 1.30 bits per heavy atom. The first-order valence-electron chi connectivity index (χ1n) is 6.70. The van der Waals surface area contributed by atoms with Gasteiger partial charge in [0.05, 0.1) is 0 Å². The predicted molar refractivity (Wildman–Crippen MR) is 126 cm³/mol. The molecule has 23 heteroatoms. The van der Waals surface area contributed by atoms with Crippen molar-refractivity contribution in [3.05, 3.63) is 0 Å². The standard InChI is InChI=1S/B14N.B7N/c1-8-13(10(2)3)9-15-14(11(4)5)12(6)7;1-6(2)5-8-7(3)4. The van der Waals surface area contributed by atoms with Crippen LogP contribution in [-0.4, -0.2) is 151 Å². The molecule has 0 bridgehead atoms. The molecule has 0 N–H and O–H groups in total. The molecule has 0 saturated carbocycles. The quantitative estimate of drug-likeness (QED) is 0.385. The van der Waals surface area contributed by atoms with Gasteiger partial charge in [0.25, 0.3) is 0 Å². The minimum atomic E-state index is -0.742. The molecule has 0 unspecified atom stereocenters. The molecule has 0 fully saturated rings. The molecule has 23 radical (unpaired) electrons. The molecule has 0 aliphatic heterocycles. The van der Waals surface area contributed by atoms with Gasteiger partial charge in [-0.05, 0) is 0 Å². The first kappa shape index (κ1) is 26.2. The summed E-state index contributed by atoms with van der Waals surface area (Å²) in [5.74, 6) is 0. The molecule has 0 rings (SSSR count). The van der Waals surface area contributed by atoms with E-state index < -0.39 is 38.8 Å². The monoisotopic (exact) mass is 259 g/mol. The van der Waals surface area contributed by atoms with Gasteiger partial charge in [0.2, 0.25) is 0 Å². The third-order valence-corrected chi connectivity index (χ3v) is 2.32. The average Bonchev–Trinajstić information content (AvgIpc) is 2.40. The van der Waals surface area contributed by atoms with Crippen molar-refractivity contribution in [2.24, 2.45) is 9.61 Å². The summed E-state index contributed by atoms with van der Waals surface area (Å²) in [6, 6.07) is 0. The molecule has 0 aromatic rings. The summed E-state index contributed by atoms with van der Waals surface area (Å²) >= 11 is 0. The summed E-state index contributed by atoms with van der Waals surface area (Å²) < 4.78 is 0. The zero-order valence-corrected chi connectivity index (χ0v) is 13.0. The topological polar surface area (TPSA) is 24.7 Å². The summed E-state index contributed by atoms with van der Waals surface area (Å²) in [4.78, 5) is 7.52. The van der Waals surface area contributed by atoms with Crippen LogP contribution in [0, 0.1) is 0 Å². The maximum atomic E-state index is 5.44. The van der Waals surface area contributed by atoms with Crippen LogP contribution < -0.4 is 0 Å². The van der Waals surface area contributed by atoms with E-state index in [1.165, 1.54) is 21.0 Å². The van der Waals surface area contributed by atoms with Gasteiger partial charge in [-0.25, -0.2) is 0 Å². The Morgan fingerprint density at radius 2 is 1.09 bits per heavy atom. The van der Waals surface area contributed by atoms with E-state index in [2.05, 4.69) is 9.61 Å². The van der Waals surface area contributed by atoms with E-state index in [0.717, 1.165) is 0 Å². The van der Waals surface area contributed by atoms with Crippen LogP contribution in [-0.2, 0) is 0 Å². The van der Waals surface area contributed by atoms with Gasteiger partial charge in [0.1, 0.15) is 0 Å². The molecule has 0 heterocycles. The molecule has 0 saturated heterocycles. The first-order valence-corrected chi connectivity index (χ1v) is 6.70.